The maximum absolute atomic E-state index is 12.2. The second-order valence-corrected chi connectivity index (χ2v) is 7.80. The van der Waals surface area contributed by atoms with E-state index >= 15 is 0 Å². The van der Waals surface area contributed by atoms with E-state index in [4.69, 9.17) is 16.3 Å². The molecule has 0 unspecified atom stereocenters. The number of hydrogen-bond donors (Lipinski definition) is 1. The lowest BCUT2D eigenvalue weighted by Crippen LogP contribution is -2.34. The number of aryl methyl sites for hydroxylation is 1. The summed E-state index contributed by atoms with van der Waals surface area (Å²) >= 11 is 7.87. The molecule has 132 valence electrons. The topological polar surface area (TPSA) is 64.1 Å². The van der Waals surface area contributed by atoms with Crippen LogP contribution < -0.4 is 10.1 Å². The zero-order valence-corrected chi connectivity index (χ0v) is 15.6. The predicted octanol–water partition coefficient (Wildman–Crippen LogP) is 3.90. The van der Waals surface area contributed by atoms with Crippen LogP contribution in [-0.2, 0) is 6.42 Å². The van der Waals surface area contributed by atoms with Crippen LogP contribution in [0.3, 0.4) is 0 Å². The highest BCUT2D eigenvalue weighted by Gasteiger charge is 2.26. The maximum atomic E-state index is 12.2. The number of halogens is 1. The lowest BCUT2D eigenvalue weighted by atomic mass is 10.0. The molecular weight excluding hydrogens is 370 g/mol. The molecule has 0 aliphatic carbocycles. The largest absolute Gasteiger partial charge is 0.486 e. The van der Waals surface area contributed by atoms with Crippen LogP contribution in [0.2, 0.25) is 5.02 Å². The SMILES string of the molecule is Cc1ccc(C(=O)NC[C@@H]2Cc3cc(-c4cnccn4)cc(Cl)c3O2)s1. The summed E-state index contributed by atoms with van der Waals surface area (Å²) in [6.45, 7) is 2.41. The van der Waals surface area contributed by atoms with E-state index in [0.717, 1.165) is 21.7 Å². The van der Waals surface area contributed by atoms with E-state index in [1.807, 2.05) is 31.2 Å². The van der Waals surface area contributed by atoms with Gasteiger partial charge in [0.2, 0.25) is 0 Å². The summed E-state index contributed by atoms with van der Waals surface area (Å²) in [6.07, 6.45) is 5.54. The third-order valence-corrected chi connectivity index (χ3v) is 5.45. The number of amides is 1. The number of thiophene rings is 1. The second-order valence-electron chi connectivity index (χ2n) is 6.10. The van der Waals surface area contributed by atoms with Crippen molar-refractivity contribution in [1.82, 2.24) is 15.3 Å². The number of benzene rings is 1. The normalized spacial score (nSPS) is 15.4. The first-order valence-electron chi connectivity index (χ1n) is 8.20. The summed E-state index contributed by atoms with van der Waals surface area (Å²) in [4.78, 5) is 22.4. The molecule has 1 aliphatic rings. The molecule has 2 aromatic heterocycles. The van der Waals surface area contributed by atoms with E-state index in [1.165, 1.54) is 11.3 Å². The number of carbonyl (C=O) groups is 1. The van der Waals surface area contributed by atoms with Gasteiger partial charge in [-0.3, -0.25) is 14.8 Å². The Morgan fingerprint density at radius 3 is 3.00 bits per heavy atom. The fourth-order valence-electron chi connectivity index (χ4n) is 2.95. The number of rotatable bonds is 4. The molecule has 4 rings (SSSR count). The van der Waals surface area contributed by atoms with Gasteiger partial charge in [-0.25, -0.2) is 0 Å². The highest BCUT2D eigenvalue weighted by molar-refractivity contribution is 7.13. The van der Waals surface area contributed by atoms with Crippen molar-refractivity contribution in [2.45, 2.75) is 19.4 Å². The Labute approximate surface area is 160 Å². The first-order chi connectivity index (χ1) is 12.6. The zero-order chi connectivity index (χ0) is 18.1. The van der Waals surface area contributed by atoms with Crippen molar-refractivity contribution in [1.29, 1.82) is 0 Å². The van der Waals surface area contributed by atoms with Crippen LogP contribution in [0.5, 0.6) is 5.75 Å². The molecular formula is C19H16ClN3O2S. The minimum Gasteiger partial charge on any atom is -0.486 e. The number of nitrogens with one attached hydrogen (secondary N) is 1. The van der Waals surface area contributed by atoms with E-state index < -0.39 is 0 Å². The quantitative estimate of drug-likeness (QED) is 0.739. The van der Waals surface area contributed by atoms with E-state index in [-0.39, 0.29) is 12.0 Å². The van der Waals surface area contributed by atoms with Crippen LogP contribution in [0.15, 0.2) is 42.9 Å². The van der Waals surface area contributed by atoms with Crippen molar-refractivity contribution >= 4 is 28.8 Å². The summed E-state index contributed by atoms with van der Waals surface area (Å²) < 4.78 is 5.94. The molecule has 0 radical (unpaired) electrons. The number of ether oxygens (including phenoxy) is 1. The van der Waals surface area contributed by atoms with Crippen LogP contribution in [0.25, 0.3) is 11.3 Å². The molecule has 3 heterocycles. The van der Waals surface area contributed by atoms with Gasteiger partial charge < -0.3 is 10.1 Å². The molecule has 0 bridgehead atoms. The van der Waals surface area contributed by atoms with Crippen molar-refractivity contribution in [3.63, 3.8) is 0 Å². The van der Waals surface area contributed by atoms with Gasteiger partial charge in [-0.15, -0.1) is 11.3 Å². The fourth-order valence-corrected chi connectivity index (χ4v) is 4.02. The van der Waals surface area contributed by atoms with Gasteiger partial charge in [0, 0.05) is 34.8 Å². The Balaban J connectivity index is 1.45. The summed E-state index contributed by atoms with van der Waals surface area (Å²) in [6, 6.07) is 7.63. The van der Waals surface area contributed by atoms with Crippen molar-refractivity contribution in [2.24, 2.45) is 0 Å². The molecule has 0 spiro atoms. The first kappa shape index (κ1) is 17.0. The van der Waals surface area contributed by atoms with Crippen LogP contribution in [0.4, 0.5) is 0 Å². The average Bonchev–Trinajstić information content (AvgIpc) is 3.27. The predicted molar refractivity (Wildman–Crippen MR) is 102 cm³/mol. The number of nitrogens with zero attached hydrogens (tertiary/aromatic N) is 2. The number of fused-ring (bicyclic) bond motifs is 1. The minimum atomic E-state index is -0.135. The molecule has 0 fully saturated rings. The average molecular weight is 386 g/mol. The third kappa shape index (κ3) is 3.43. The maximum Gasteiger partial charge on any atom is 0.261 e. The minimum absolute atomic E-state index is 0.0750. The Bertz CT molecular complexity index is 959. The van der Waals surface area contributed by atoms with Crippen LogP contribution >= 0.6 is 22.9 Å². The van der Waals surface area contributed by atoms with Gasteiger partial charge >= 0.3 is 0 Å². The second kappa shape index (κ2) is 7.05. The molecule has 7 heteroatoms. The van der Waals surface area contributed by atoms with Crippen molar-refractivity contribution in [3.05, 3.63) is 63.2 Å². The Morgan fingerprint density at radius 1 is 1.38 bits per heavy atom. The van der Waals surface area contributed by atoms with Gasteiger partial charge in [-0.2, -0.15) is 0 Å². The molecule has 5 nitrogen and oxygen atoms in total. The molecule has 1 aliphatic heterocycles. The van der Waals surface area contributed by atoms with Gasteiger partial charge in [-0.1, -0.05) is 11.6 Å². The zero-order valence-electron chi connectivity index (χ0n) is 14.0. The Kier molecular flexibility index (Phi) is 4.61. The molecule has 1 N–H and O–H groups in total. The van der Waals surface area contributed by atoms with E-state index in [1.54, 1.807) is 18.6 Å². The van der Waals surface area contributed by atoms with Crippen molar-refractivity contribution in [2.75, 3.05) is 6.54 Å². The summed E-state index contributed by atoms with van der Waals surface area (Å²) in [5, 5.41) is 3.48. The summed E-state index contributed by atoms with van der Waals surface area (Å²) in [7, 11) is 0. The lowest BCUT2D eigenvalue weighted by Gasteiger charge is -2.12. The molecule has 0 saturated heterocycles. The Morgan fingerprint density at radius 2 is 2.27 bits per heavy atom. The first-order valence-corrected chi connectivity index (χ1v) is 9.39. The molecule has 1 amide bonds. The highest BCUT2D eigenvalue weighted by atomic mass is 35.5. The third-order valence-electron chi connectivity index (χ3n) is 4.17. The van der Waals surface area contributed by atoms with Gasteiger partial charge in [-0.05, 0) is 31.2 Å². The van der Waals surface area contributed by atoms with Gasteiger partial charge in [0.05, 0.1) is 28.3 Å². The number of aromatic nitrogens is 2. The van der Waals surface area contributed by atoms with Crippen molar-refractivity contribution < 1.29 is 9.53 Å². The summed E-state index contributed by atoms with van der Waals surface area (Å²) in [5.41, 5.74) is 2.69. The van der Waals surface area contributed by atoms with E-state index in [2.05, 4.69) is 15.3 Å². The molecule has 26 heavy (non-hydrogen) atoms. The lowest BCUT2D eigenvalue weighted by molar-refractivity contribution is 0.0937. The molecule has 3 aromatic rings. The van der Waals surface area contributed by atoms with Crippen LogP contribution in [0, 0.1) is 6.92 Å². The van der Waals surface area contributed by atoms with Crippen LogP contribution in [0.1, 0.15) is 20.1 Å². The molecule has 1 aromatic carbocycles. The monoisotopic (exact) mass is 385 g/mol. The van der Waals surface area contributed by atoms with Gasteiger partial charge in [0.1, 0.15) is 11.9 Å². The van der Waals surface area contributed by atoms with E-state index in [0.29, 0.717) is 28.6 Å². The number of hydrogen-bond acceptors (Lipinski definition) is 5. The fraction of sp³-hybridized carbons (Fsp3) is 0.211. The van der Waals surface area contributed by atoms with Crippen LogP contribution in [-0.4, -0.2) is 28.5 Å². The molecule has 0 saturated carbocycles. The smallest absolute Gasteiger partial charge is 0.261 e. The van der Waals surface area contributed by atoms with Crippen molar-refractivity contribution in [3.8, 4) is 17.0 Å². The Hall–Kier alpha value is -2.44. The standard InChI is InChI=1S/C19H16ClN3O2S/c1-11-2-3-17(26-11)19(24)23-9-14-7-13-6-12(8-15(20)18(13)25-14)16-10-21-4-5-22-16/h2-6,8,10,14H,7,9H2,1H3,(H,23,24)/t14-/m0/s1. The highest BCUT2D eigenvalue weighted by Crippen LogP contribution is 2.39. The number of carbonyl (C=O) groups excluding carboxylic acids is 1. The van der Waals surface area contributed by atoms with Gasteiger partial charge in [0.25, 0.3) is 5.91 Å². The van der Waals surface area contributed by atoms with Gasteiger partial charge in [0.15, 0.2) is 0 Å². The van der Waals surface area contributed by atoms with E-state index in [9.17, 15) is 4.79 Å². The summed E-state index contributed by atoms with van der Waals surface area (Å²) in [5.74, 6) is 0.611. The molecule has 1 atom stereocenters.